The van der Waals surface area contributed by atoms with E-state index in [0.29, 0.717) is 5.56 Å². The lowest BCUT2D eigenvalue weighted by atomic mass is 9.67. The molecule has 1 saturated carbocycles. The summed E-state index contributed by atoms with van der Waals surface area (Å²) in [6, 6.07) is 9.03. The Morgan fingerprint density at radius 2 is 2.05 bits per heavy atom. The number of hydrogen-bond acceptors (Lipinski definition) is 3. The lowest BCUT2D eigenvalue weighted by Gasteiger charge is -2.42. The first-order chi connectivity index (χ1) is 10.1. The number of ether oxygens (including phenoxy) is 1. The van der Waals surface area contributed by atoms with Crippen molar-refractivity contribution in [1.29, 1.82) is 0 Å². The fourth-order valence-electron chi connectivity index (χ4n) is 3.12. The molecule has 0 radical (unpaired) electrons. The van der Waals surface area contributed by atoms with Gasteiger partial charge in [0.05, 0.1) is 5.56 Å². The molecule has 0 N–H and O–H groups in total. The van der Waals surface area contributed by atoms with Crippen molar-refractivity contribution in [3.8, 4) is 0 Å². The third-order valence-corrected chi connectivity index (χ3v) is 4.44. The number of carbonyl (C=O) groups excluding carboxylic acids is 2. The predicted octanol–water partition coefficient (Wildman–Crippen LogP) is 3.47. The maximum atomic E-state index is 12.3. The summed E-state index contributed by atoms with van der Waals surface area (Å²) in [5.41, 5.74) is 1.29. The van der Waals surface area contributed by atoms with Crippen molar-refractivity contribution in [1.82, 2.24) is 0 Å². The van der Waals surface area contributed by atoms with E-state index in [1.165, 1.54) is 0 Å². The normalized spacial score (nSPS) is 27.8. The Bertz CT molecular complexity index is 627. The molecular formula is C18H18O3. The van der Waals surface area contributed by atoms with E-state index in [4.69, 9.17) is 4.74 Å². The number of allylic oxidation sites excluding steroid dienone is 2. The van der Waals surface area contributed by atoms with Crippen LogP contribution in [0, 0.1) is 5.41 Å². The number of esters is 1. The molecule has 3 rings (SSSR count). The number of fused-ring (bicyclic) bond motifs is 1. The van der Waals surface area contributed by atoms with Gasteiger partial charge in [-0.05, 0) is 50.5 Å². The molecule has 2 aliphatic carbocycles. The van der Waals surface area contributed by atoms with Gasteiger partial charge in [0.15, 0.2) is 5.78 Å². The number of carbonyl (C=O) groups is 2. The second kappa shape index (κ2) is 5.32. The summed E-state index contributed by atoms with van der Waals surface area (Å²) in [4.78, 5) is 23.8. The van der Waals surface area contributed by atoms with Gasteiger partial charge < -0.3 is 4.74 Å². The molecule has 0 heterocycles. The van der Waals surface area contributed by atoms with E-state index < -0.39 is 0 Å². The van der Waals surface area contributed by atoms with Crippen molar-refractivity contribution in [2.45, 2.75) is 32.3 Å². The van der Waals surface area contributed by atoms with Crippen molar-refractivity contribution >= 4 is 11.8 Å². The van der Waals surface area contributed by atoms with Gasteiger partial charge in [-0.15, -0.1) is 0 Å². The number of ketones is 1. The van der Waals surface area contributed by atoms with Gasteiger partial charge in [0, 0.05) is 5.41 Å². The molecule has 0 spiro atoms. The third-order valence-electron chi connectivity index (χ3n) is 4.44. The van der Waals surface area contributed by atoms with E-state index in [1.54, 1.807) is 24.3 Å². The maximum Gasteiger partial charge on any atom is 0.338 e. The zero-order valence-electron chi connectivity index (χ0n) is 12.0. The molecule has 0 aliphatic heterocycles. The summed E-state index contributed by atoms with van der Waals surface area (Å²) in [6.45, 7) is 2.05. The Hall–Kier alpha value is -2.16. The lowest BCUT2D eigenvalue weighted by molar-refractivity contribution is -0.110. The Balaban J connectivity index is 1.82. The van der Waals surface area contributed by atoms with Crippen molar-refractivity contribution in [2.24, 2.45) is 5.41 Å². The molecule has 1 fully saturated rings. The highest BCUT2D eigenvalue weighted by molar-refractivity contribution is 6.01. The molecule has 1 aromatic carbocycles. The van der Waals surface area contributed by atoms with E-state index in [9.17, 15) is 9.59 Å². The minimum atomic E-state index is -0.351. The topological polar surface area (TPSA) is 43.4 Å². The zero-order valence-corrected chi connectivity index (χ0v) is 12.0. The molecule has 1 aromatic rings. The number of hydrogen-bond donors (Lipinski definition) is 0. The monoisotopic (exact) mass is 282 g/mol. The van der Waals surface area contributed by atoms with Crippen LogP contribution in [0.4, 0.5) is 0 Å². The molecule has 108 valence electrons. The maximum absolute atomic E-state index is 12.3. The van der Waals surface area contributed by atoms with Gasteiger partial charge >= 0.3 is 5.97 Å². The summed E-state index contributed by atoms with van der Waals surface area (Å²) in [5, 5.41) is 0. The molecule has 0 aromatic heterocycles. The lowest BCUT2D eigenvalue weighted by Crippen LogP contribution is -2.40. The van der Waals surface area contributed by atoms with Crippen molar-refractivity contribution < 1.29 is 14.3 Å². The molecule has 2 atom stereocenters. The molecule has 0 bridgehead atoms. The Morgan fingerprint density at radius 3 is 2.81 bits per heavy atom. The SMILES string of the molecule is C[C@]12C=CC(=O)C=C1CCC[C@@H]2OC(=O)c1ccccc1. The van der Waals surface area contributed by atoms with Crippen LogP contribution in [0.1, 0.15) is 36.5 Å². The number of rotatable bonds is 2. The summed E-state index contributed by atoms with van der Waals surface area (Å²) in [6.07, 6.45) is 7.62. The van der Waals surface area contributed by atoms with Gasteiger partial charge in [-0.2, -0.15) is 0 Å². The average Bonchev–Trinajstić information content (AvgIpc) is 2.50. The molecule has 2 aliphatic rings. The molecule has 0 amide bonds. The van der Waals surface area contributed by atoms with Crippen LogP contribution in [0.15, 0.2) is 54.1 Å². The smallest absolute Gasteiger partial charge is 0.338 e. The van der Waals surface area contributed by atoms with Crippen LogP contribution in [-0.2, 0) is 9.53 Å². The predicted molar refractivity (Wildman–Crippen MR) is 79.8 cm³/mol. The van der Waals surface area contributed by atoms with E-state index in [1.807, 2.05) is 31.2 Å². The minimum absolute atomic E-state index is 0.0255. The van der Waals surface area contributed by atoms with Crippen molar-refractivity contribution in [3.05, 3.63) is 59.7 Å². The van der Waals surface area contributed by atoms with Gasteiger partial charge in [-0.1, -0.05) is 29.8 Å². The standard InChI is InChI=1S/C18H18O3/c1-18-11-10-15(19)12-14(18)8-5-9-16(18)21-17(20)13-6-3-2-4-7-13/h2-4,6-7,10-12,16H,5,8-9H2,1H3/t16-,18-/m0/s1. The van der Waals surface area contributed by atoms with Crippen molar-refractivity contribution in [2.75, 3.05) is 0 Å². The third kappa shape index (κ3) is 2.56. The first-order valence-electron chi connectivity index (χ1n) is 7.30. The second-order valence-electron chi connectivity index (χ2n) is 5.84. The number of benzene rings is 1. The van der Waals surface area contributed by atoms with E-state index in [-0.39, 0.29) is 23.3 Å². The van der Waals surface area contributed by atoms with Gasteiger partial charge in [-0.25, -0.2) is 4.79 Å². The molecule has 0 unspecified atom stereocenters. The van der Waals surface area contributed by atoms with Gasteiger partial charge in [0.2, 0.25) is 0 Å². The van der Waals surface area contributed by atoms with Crippen LogP contribution in [-0.4, -0.2) is 17.9 Å². The fraction of sp³-hybridized carbons (Fsp3) is 0.333. The van der Waals surface area contributed by atoms with Crippen LogP contribution in [0.3, 0.4) is 0 Å². The van der Waals surface area contributed by atoms with Gasteiger partial charge in [0.25, 0.3) is 0 Å². The van der Waals surface area contributed by atoms with Crippen LogP contribution in [0.2, 0.25) is 0 Å². The van der Waals surface area contributed by atoms with E-state index in [2.05, 4.69) is 0 Å². The molecule has 21 heavy (non-hydrogen) atoms. The van der Waals surface area contributed by atoms with E-state index in [0.717, 1.165) is 24.8 Å². The quantitative estimate of drug-likeness (QED) is 0.780. The van der Waals surface area contributed by atoms with Crippen molar-refractivity contribution in [3.63, 3.8) is 0 Å². The average molecular weight is 282 g/mol. The van der Waals surface area contributed by atoms with Crippen LogP contribution >= 0.6 is 0 Å². The van der Waals surface area contributed by atoms with E-state index >= 15 is 0 Å². The minimum Gasteiger partial charge on any atom is -0.458 e. The zero-order chi connectivity index (χ0) is 14.9. The summed E-state index contributed by atoms with van der Waals surface area (Å²) in [5.74, 6) is -0.272. The molecule has 0 saturated heterocycles. The van der Waals surface area contributed by atoms with Gasteiger partial charge in [-0.3, -0.25) is 4.79 Å². The Morgan fingerprint density at radius 1 is 1.29 bits per heavy atom. The Kier molecular flexibility index (Phi) is 3.50. The summed E-state index contributed by atoms with van der Waals surface area (Å²) in [7, 11) is 0. The molecule has 3 heteroatoms. The molecule has 3 nitrogen and oxygen atoms in total. The molecular weight excluding hydrogens is 264 g/mol. The van der Waals surface area contributed by atoms with Crippen LogP contribution < -0.4 is 0 Å². The van der Waals surface area contributed by atoms with Crippen LogP contribution in [0.5, 0.6) is 0 Å². The Labute approximate surface area is 124 Å². The highest BCUT2D eigenvalue weighted by Crippen LogP contribution is 2.45. The first-order valence-corrected chi connectivity index (χ1v) is 7.30. The van der Waals surface area contributed by atoms with Crippen LogP contribution in [0.25, 0.3) is 0 Å². The second-order valence-corrected chi connectivity index (χ2v) is 5.84. The van der Waals surface area contributed by atoms with Gasteiger partial charge in [0.1, 0.15) is 6.10 Å². The highest BCUT2D eigenvalue weighted by Gasteiger charge is 2.42. The first kappa shape index (κ1) is 13.8. The largest absolute Gasteiger partial charge is 0.458 e. The summed E-state index contributed by atoms with van der Waals surface area (Å²) >= 11 is 0. The summed E-state index contributed by atoms with van der Waals surface area (Å²) < 4.78 is 5.74. The fourth-order valence-corrected chi connectivity index (χ4v) is 3.12. The highest BCUT2D eigenvalue weighted by atomic mass is 16.5.